The summed E-state index contributed by atoms with van der Waals surface area (Å²) in [5, 5.41) is 4.99. The third kappa shape index (κ3) is 6.31. The number of para-hydroxylation sites is 3. The van der Waals surface area contributed by atoms with Crippen molar-refractivity contribution in [2.24, 2.45) is 4.99 Å². The van der Waals surface area contributed by atoms with Gasteiger partial charge >= 0.3 is 0 Å². The molecule has 5 nitrogen and oxygen atoms in total. The van der Waals surface area contributed by atoms with Crippen molar-refractivity contribution in [2.45, 2.75) is 25.2 Å². The summed E-state index contributed by atoms with van der Waals surface area (Å²) in [5.74, 6) is 1.02. The highest BCUT2D eigenvalue weighted by atomic mass is 15.4. The van der Waals surface area contributed by atoms with Crippen LogP contribution in [0.5, 0.6) is 0 Å². The van der Waals surface area contributed by atoms with E-state index in [1.54, 1.807) is 0 Å². The molecule has 12 rings (SSSR count). The number of rotatable bonds is 7. The summed E-state index contributed by atoms with van der Waals surface area (Å²) >= 11 is 0. The van der Waals surface area contributed by atoms with Gasteiger partial charge < -0.3 is 14.0 Å². The Labute approximate surface area is 373 Å². The molecule has 0 radical (unpaired) electrons. The van der Waals surface area contributed by atoms with Crippen molar-refractivity contribution >= 4 is 49.4 Å². The van der Waals surface area contributed by atoms with E-state index in [9.17, 15) is 0 Å². The number of allylic oxidation sites excluding steroid dienone is 3. The minimum absolute atomic E-state index is 0.0171. The van der Waals surface area contributed by atoms with Gasteiger partial charge in [0.2, 0.25) is 0 Å². The third-order valence-electron chi connectivity index (χ3n) is 13.4. The van der Waals surface area contributed by atoms with Crippen molar-refractivity contribution in [2.75, 3.05) is 14.1 Å². The summed E-state index contributed by atoms with van der Waals surface area (Å²) in [6, 6.07) is 71.0. The number of aromatic nitrogens is 2. The van der Waals surface area contributed by atoms with Crippen LogP contribution in [0.3, 0.4) is 0 Å². The maximum absolute atomic E-state index is 5.41. The predicted molar refractivity (Wildman–Crippen MR) is 267 cm³/mol. The van der Waals surface area contributed by atoms with E-state index in [-0.39, 0.29) is 12.3 Å². The molecule has 64 heavy (non-hydrogen) atoms. The predicted octanol–water partition coefficient (Wildman–Crippen LogP) is 14.1. The molecule has 0 fully saturated rings. The van der Waals surface area contributed by atoms with Crippen molar-refractivity contribution in [1.82, 2.24) is 18.9 Å². The van der Waals surface area contributed by atoms with Crippen LogP contribution in [0.15, 0.2) is 223 Å². The first-order chi connectivity index (χ1) is 31.6. The van der Waals surface area contributed by atoms with Crippen molar-refractivity contribution in [1.29, 1.82) is 0 Å². The van der Waals surface area contributed by atoms with Crippen LogP contribution < -0.4 is 0 Å². The van der Waals surface area contributed by atoms with Crippen molar-refractivity contribution in [3.05, 3.63) is 229 Å². The lowest BCUT2D eigenvalue weighted by Gasteiger charge is -2.45. The molecule has 10 aromatic rings. The highest BCUT2D eigenvalue weighted by molar-refractivity contribution is 6.12. The zero-order valence-corrected chi connectivity index (χ0v) is 36.0. The Bertz CT molecular complexity index is 3500. The SMILES string of the molecule is CN1C(c2ccccc2)=NC(C2=CC=CCC2)N(C)C1c1cccc(-c2ccc3c4ccccc4n(-c4cccc(-c5ccc6c(c5)c5ccccc5n6-c5ccccc5)c4)c3c2)c1. The topological polar surface area (TPSA) is 28.7 Å². The molecule has 8 aromatic carbocycles. The second kappa shape index (κ2) is 15.6. The first-order valence-corrected chi connectivity index (χ1v) is 22.4. The van der Waals surface area contributed by atoms with E-state index < -0.39 is 0 Å². The lowest BCUT2D eigenvalue weighted by Crippen LogP contribution is -2.50. The Morgan fingerprint density at radius 2 is 1.03 bits per heavy atom. The molecule has 0 N–H and O–H groups in total. The van der Waals surface area contributed by atoms with Crippen LogP contribution in [0.2, 0.25) is 0 Å². The molecule has 0 saturated heterocycles. The number of benzene rings is 8. The molecular formula is C59H47N5. The fourth-order valence-electron chi connectivity index (χ4n) is 10.5. The van der Waals surface area contributed by atoms with E-state index in [0.29, 0.717) is 0 Å². The lowest BCUT2D eigenvalue weighted by atomic mass is 9.96. The van der Waals surface area contributed by atoms with Gasteiger partial charge in [-0.15, -0.1) is 0 Å². The van der Waals surface area contributed by atoms with Crippen molar-refractivity contribution in [3.63, 3.8) is 0 Å². The van der Waals surface area contributed by atoms with E-state index in [2.05, 4.69) is 245 Å². The molecule has 0 saturated carbocycles. The average Bonchev–Trinajstić information content (AvgIpc) is 3.87. The zero-order valence-electron chi connectivity index (χ0n) is 36.0. The van der Waals surface area contributed by atoms with E-state index >= 15 is 0 Å². The number of aliphatic imine (C=N–C) groups is 1. The average molecular weight is 826 g/mol. The molecule has 1 aliphatic heterocycles. The Morgan fingerprint density at radius 3 is 1.80 bits per heavy atom. The number of hydrogen-bond donors (Lipinski definition) is 0. The molecule has 2 aliphatic rings. The monoisotopic (exact) mass is 825 g/mol. The summed E-state index contributed by atoms with van der Waals surface area (Å²) in [4.78, 5) is 10.2. The zero-order chi connectivity index (χ0) is 42.7. The number of likely N-dealkylation sites (N-methyl/N-ethyl adjacent to an activating group) is 1. The summed E-state index contributed by atoms with van der Waals surface area (Å²) in [6.45, 7) is 0. The van der Waals surface area contributed by atoms with Crippen molar-refractivity contribution in [3.8, 4) is 33.6 Å². The molecule has 0 bridgehead atoms. The lowest BCUT2D eigenvalue weighted by molar-refractivity contribution is 0.0884. The standard InChI is InChI=1S/C59H47N5/c1-61-57(40-18-6-3-7-19-40)60-58(41-20-8-4-9-21-41)62(2)59(61)46-24-16-22-42(36-46)45-32-34-51-49-28-12-14-30-53(49)64(56(51)39-45)48-27-17-23-43(37-48)44-33-35-55-52(38-44)50-29-13-15-31-54(50)63(55)47-25-10-5-11-26-47/h3-8,10-20,22-39,58-59H,9,21H2,1-2H3. The van der Waals surface area contributed by atoms with Gasteiger partial charge in [-0.25, -0.2) is 4.99 Å². The second-order valence-electron chi connectivity index (χ2n) is 17.2. The number of fused-ring (bicyclic) bond motifs is 6. The van der Waals surface area contributed by atoms with Crippen LogP contribution in [0, 0.1) is 0 Å². The number of hydrogen-bond acceptors (Lipinski definition) is 3. The smallest absolute Gasteiger partial charge is 0.134 e. The van der Waals surface area contributed by atoms with Crippen LogP contribution >= 0.6 is 0 Å². The highest BCUT2D eigenvalue weighted by Crippen LogP contribution is 2.40. The minimum atomic E-state index is -0.0515. The first-order valence-electron chi connectivity index (χ1n) is 22.4. The second-order valence-corrected chi connectivity index (χ2v) is 17.2. The van der Waals surface area contributed by atoms with E-state index in [0.717, 1.165) is 29.9 Å². The Morgan fingerprint density at radius 1 is 0.453 bits per heavy atom. The summed E-state index contributed by atoms with van der Waals surface area (Å²) in [6.07, 6.45) is 8.70. The van der Waals surface area contributed by atoms with Gasteiger partial charge in [-0.1, -0.05) is 152 Å². The molecule has 3 heterocycles. The van der Waals surface area contributed by atoms with Crippen molar-refractivity contribution < 1.29 is 0 Å². The van der Waals surface area contributed by atoms with Gasteiger partial charge in [-0.2, -0.15) is 0 Å². The van der Waals surface area contributed by atoms with Crippen LogP contribution in [0.1, 0.15) is 30.1 Å². The van der Waals surface area contributed by atoms with Crippen LogP contribution in [0.4, 0.5) is 0 Å². The fraction of sp³-hybridized carbons (Fsp3) is 0.102. The van der Waals surface area contributed by atoms with Gasteiger partial charge in [-0.3, -0.25) is 4.90 Å². The van der Waals surface area contributed by atoms with Gasteiger partial charge in [0.15, 0.2) is 0 Å². The third-order valence-corrected chi connectivity index (χ3v) is 13.4. The highest BCUT2D eigenvalue weighted by Gasteiger charge is 2.36. The molecule has 1 aliphatic carbocycles. The summed E-state index contributed by atoms with van der Waals surface area (Å²) in [5.41, 5.74) is 15.6. The van der Waals surface area contributed by atoms with Crippen LogP contribution in [-0.2, 0) is 0 Å². The van der Waals surface area contributed by atoms with Gasteiger partial charge in [0.05, 0.1) is 22.1 Å². The molecule has 308 valence electrons. The first kappa shape index (κ1) is 38.0. The van der Waals surface area contributed by atoms with Gasteiger partial charge in [0, 0.05) is 45.5 Å². The van der Waals surface area contributed by atoms with E-state index in [1.165, 1.54) is 82.7 Å². The normalized spacial score (nSPS) is 16.8. The number of nitrogens with zero attached hydrogens (tertiary/aromatic N) is 5. The maximum atomic E-state index is 5.41. The summed E-state index contributed by atoms with van der Waals surface area (Å²) in [7, 11) is 4.41. The Balaban J connectivity index is 0.951. The van der Waals surface area contributed by atoms with E-state index in [4.69, 9.17) is 4.99 Å². The number of amidine groups is 1. The largest absolute Gasteiger partial charge is 0.339 e. The van der Waals surface area contributed by atoms with Crippen LogP contribution in [-0.4, -0.2) is 45.0 Å². The molecule has 0 spiro atoms. The quantitative estimate of drug-likeness (QED) is 0.160. The van der Waals surface area contributed by atoms with Gasteiger partial charge in [0.25, 0.3) is 0 Å². The fourth-order valence-corrected chi connectivity index (χ4v) is 10.5. The maximum Gasteiger partial charge on any atom is 0.134 e. The Hall–Kier alpha value is -7.73. The summed E-state index contributed by atoms with van der Waals surface area (Å²) < 4.78 is 4.82. The van der Waals surface area contributed by atoms with Crippen LogP contribution in [0.25, 0.3) is 77.2 Å². The molecule has 2 aromatic heterocycles. The molecule has 0 amide bonds. The molecular weight excluding hydrogens is 779 g/mol. The van der Waals surface area contributed by atoms with E-state index in [1.807, 2.05) is 0 Å². The molecule has 2 unspecified atom stereocenters. The molecule has 5 heteroatoms. The minimum Gasteiger partial charge on any atom is -0.339 e. The van der Waals surface area contributed by atoms with Gasteiger partial charge in [-0.05, 0) is 114 Å². The Kier molecular flexibility index (Phi) is 9.24. The van der Waals surface area contributed by atoms with Gasteiger partial charge in [0.1, 0.15) is 18.2 Å². The molecule has 2 atom stereocenters.